The SMILES string of the molecule is CC(=O)Cc1cccc(CCC2CCC(CS(=O)(=O)C(C)C)CC2)c1.CC(=O)Nc1ccc(CCC2CCC(CS(=O)(=O)C(C)C)CC2)cc1.CC(C)S(=O)(=O)CC1CCC(CCc2ccc(N)cc2)CC1.CC(C)S(=O)(=O)CC1CCC(CCc2cccc(N(C)C)c2)CC1.CC(C)S(=O)(=O)CC1CCC(CCc2cccc(N)c2)CC1.Cc1cc(=O)oc2cc(CCC3CCC(CS(=O)(=O)C(C)C)CC3)ccc12. The summed E-state index contributed by atoms with van der Waals surface area (Å²) in [6.45, 7) is 26.4. The van der Waals surface area contributed by atoms with Gasteiger partial charge in [0.25, 0.3) is 0 Å². The maximum atomic E-state index is 12.1. The molecule has 26 heteroatoms. The minimum atomic E-state index is -2.93. The number of sulfone groups is 6. The van der Waals surface area contributed by atoms with Crippen LogP contribution < -0.4 is 27.3 Å². The minimum absolute atomic E-state index is 0.0519. The Morgan fingerprint density at radius 1 is 0.317 bits per heavy atom. The van der Waals surface area contributed by atoms with Crippen molar-refractivity contribution in [1.29, 1.82) is 0 Å². The van der Waals surface area contributed by atoms with Gasteiger partial charge in [0.05, 0.1) is 66.0 Å². The smallest absolute Gasteiger partial charge is 0.336 e. The van der Waals surface area contributed by atoms with Crippen molar-refractivity contribution in [3.8, 4) is 0 Å². The lowest BCUT2D eigenvalue weighted by Crippen LogP contribution is -2.26. The van der Waals surface area contributed by atoms with Crippen molar-refractivity contribution < 1.29 is 64.5 Å². The molecule has 0 radical (unpaired) electrons. The highest BCUT2D eigenvalue weighted by Crippen LogP contribution is 2.41. The Labute approximate surface area is 877 Å². The van der Waals surface area contributed by atoms with E-state index in [0.29, 0.717) is 99.8 Å². The number of nitrogens with zero attached hydrogens (tertiary/aromatic N) is 1. The first-order valence-corrected chi connectivity index (χ1v) is 65.3. The number of ketones is 1. The lowest BCUT2D eigenvalue weighted by atomic mass is 9.80. The average molecular weight is 2120 g/mol. The van der Waals surface area contributed by atoms with Crippen LogP contribution in [0.25, 0.3) is 11.0 Å². The summed E-state index contributed by atoms with van der Waals surface area (Å²) >= 11 is 0. The first-order valence-electron chi connectivity index (χ1n) is 55.0. The summed E-state index contributed by atoms with van der Waals surface area (Å²) < 4.78 is 150. The van der Waals surface area contributed by atoms with Gasteiger partial charge in [0.2, 0.25) is 5.91 Å². The predicted molar refractivity (Wildman–Crippen MR) is 607 cm³/mol. The molecule has 20 nitrogen and oxygen atoms in total. The number of Topliss-reactive ketones (excluding diaryl/α,β-unsaturated/α-hetero) is 1. The molecule has 6 aliphatic carbocycles. The first-order chi connectivity index (χ1) is 68.3. The fourth-order valence-electron chi connectivity index (χ4n) is 21.6. The number of fused-ring (bicyclic) bond motifs is 1. The Morgan fingerprint density at radius 3 is 0.876 bits per heavy atom. The van der Waals surface area contributed by atoms with E-state index in [1.807, 2.05) is 67.6 Å². The van der Waals surface area contributed by atoms with E-state index in [9.17, 15) is 64.9 Å². The molecule has 5 N–H and O–H groups in total. The Balaban J connectivity index is 0.000000213. The zero-order valence-electron chi connectivity index (χ0n) is 91.2. The molecular formula is C119H184N4O16S6. The standard InChI is InChI=1S/C22H30O4S.C21H32O3S.C20H31NO3S.C20H33NO2S.2C18H29NO2S/c1-15(2)27(24,25)14-19-8-5-17(6-9-19)4-7-18-10-11-20-16(3)12-22(23)26-21(20)13-18;1-16(2)25(23,24)15-20-11-8-18(9-12-20)7-10-19-5-4-6-21(14-19)13-17(3)22;1-15(2)25(23,24)14-19-8-6-17(7-9-19)4-5-18-10-12-20(13-11-18)21-16(3)22;1-16(2)24(22,23)15-19-12-9-17(10-13-19)8-11-18-6-5-7-20(14-18)21(3)4;1-14(2)22(20,21)13-17-7-5-15(6-8-17)3-4-16-9-11-18(19)12-10-16;1-14(2)22(20,21)13-17-10-7-15(8-11-17)6-9-16-4-3-5-18(19)12-16/h10-13,15,17,19H,4-9,14H2,1-3H3;4-6,14,16,18,20H,7-13,15H2,1-3H3;10-13,15,17,19H,4-9,14H2,1-3H3,(H,21,22);5-7,14,16-17,19H,8-13,15H2,1-4H3;9-12,14-15,17H,3-8,13,19H2,1-2H3;3-5,12,14-15,17H,6-11,13,19H2,1-2H3. The number of hydrogen-bond acceptors (Lipinski definition) is 19. The van der Waals surface area contributed by atoms with Gasteiger partial charge in [-0.3, -0.25) is 9.59 Å². The average Bonchev–Trinajstić information content (AvgIpc) is 0.806. The maximum absolute atomic E-state index is 12.1. The summed E-state index contributed by atoms with van der Waals surface area (Å²) in [5.74, 6) is 8.83. The van der Waals surface area contributed by atoms with Crippen LogP contribution in [-0.4, -0.2) is 142 Å². The van der Waals surface area contributed by atoms with Gasteiger partial charge in [-0.2, -0.15) is 0 Å². The molecule has 13 rings (SSSR count). The number of rotatable bonds is 40. The van der Waals surface area contributed by atoms with Crippen LogP contribution in [0.1, 0.15) is 334 Å². The maximum Gasteiger partial charge on any atom is 0.336 e. The molecule has 0 saturated heterocycles. The first kappa shape index (κ1) is 123. The van der Waals surface area contributed by atoms with E-state index in [-0.39, 0.29) is 48.8 Å². The van der Waals surface area contributed by atoms with Crippen molar-refractivity contribution in [3.63, 3.8) is 0 Å². The monoisotopic (exact) mass is 2120 g/mol. The van der Waals surface area contributed by atoms with Crippen LogP contribution in [0.2, 0.25) is 0 Å². The molecule has 0 spiro atoms. The molecular weight excluding hydrogens is 1930 g/mol. The summed E-state index contributed by atoms with van der Waals surface area (Å²) in [5.41, 5.74) is 25.5. The van der Waals surface area contributed by atoms with Gasteiger partial charge < -0.3 is 26.1 Å². The summed E-state index contributed by atoms with van der Waals surface area (Å²) in [6, 6.07) is 49.1. The molecule has 6 fully saturated rings. The predicted octanol–water partition coefficient (Wildman–Crippen LogP) is 25.2. The second-order valence-electron chi connectivity index (χ2n) is 46.0. The Bertz CT molecular complexity index is 5870. The Morgan fingerprint density at radius 2 is 0.579 bits per heavy atom. The van der Waals surface area contributed by atoms with E-state index >= 15 is 0 Å². The van der Waals surface area contributed by atoms with Gasteiger partial charge in [-0.1, -0.05) is 162 Å². The van der Waals surface area contributed by atoms with Gasteiger partial charge in [0.1, 0.15) is 11.4 Å². The molecule has 0 bridgehead atoms. The van der Waals surface area contributed by atoms with Gasteiger partial charge in [0.15, 0.2) is 59.0 Å². The number of carbonyl (C=O) groups is 2. The van der Waals surface area contributed by atoms with Crippen LogP contribution in [-0.2, 0) is 114 Å². The van der Waals surface area contributed by atoms with E-state index in [0.717, 1.165) is 225 Å². The largest absolute Gasteiger partial charge is 0.423 e. The number of nitrogens with one attached hydrogen (secondary N) is 1. The topological polar surface area (TPSA) is 336 Å². The highest BCUT2D eigenvalue weighted by atomic mass is 32.2. The Kier molecular flexibility index (Phi) is 50.5. The van der Waals surface area contributed by atoms with Crippen LogP contribution in [0.4, 0.5) is 22.7 Å². The zero-order valence-corrected chi connectivity index (χ0v) is 96.1. The van der Waals surface area contributed by atoms with Crippen LogP contribution in [0.3, 0.4) is 0 Å². The summed E-state index contributed by atoms with van der Waals surface area (Å²) in [5, 5.41) is 2.27. The molecule has 1 amide bonds. The van der Waals surface area contributed by atoms with E-state index in [1.165, 1.54) is 110 Å². The third-order valence-corrected chi connectivity index (χ3v) is 46.3. The van der Waals surface area contributed by atoms with Gasteiger partial charge in [-0.15, -0.1) is 0 Å². The molecule has 0 atom stereocenters. The lowest BCUT2D eigenvalue weighted by Gasteiger charge is -2.29. The quantitative estimate of drug-likeness (QED) is 0.0237. The van der Waals surface area contributed by atoms with E-state index in [4.69, 9.17) is 15.9 Å². The normalized spacial score (nSPS) is 21.8. The van der Waals surface area contributed by atoms with Crippen molar-refractivity contribution >= 4 is 104 Å². The molecule has 0 aliphatic heterocycles. The van der Waals surface area contributed by atoms with Crippen molar-refractivity contribution in [1.82, 2.24) is 0 Å². The van der Waals surface area contributed by atoms with E-state index in [1.54, 1.807) is 90.0 Å². The summed E-state index contributed by atoms with van der Waals surface area (Å²) in [6.07, 6.45) is 40.4. The molecule has 7 aromatic rings. The van der Waals surface area contributed by atoms with Gasteiger partial charge >= 0.3 is 5.63 Å². The minimum Gasteiger partial charge on any atom is -0.423 e. The number of nitrogen functional groups attached to an aromatic ring is 2. The number of benzene rings is 6. The van der Waals surface area contributed by atoms with Crippen molar-refractivity contribution in [2.45, 2.75) is 373 Å². The highest BCUT2D eigenvalue weighted by molar-refractivity contribution is 7.93. The molecule has 145 heavy (non-hydrogen) atoms. The molecule has 1 heterocycles. The van der Waals surface area contributed by atoms with E-state index < -0.39 is 59.0 Å². The highest BCUT2D eigenvalue weighted by Gasteiger charge is 2.35. The summed E-state index contributed by atoms with van der Waals surface area (Å²) in [4.78, 5) is 36.0. The fourth-order valence-corrected chi connectivity index (χ4v) is 29.8. The molecule has 6 aliphatic rings. The number of carbonyl (C=O) groups excluding carboxylic acids is 2. The summed E-state index contributed by atoms with van der Waals surface area (Å²) in [7, 11) is -13.3. The van der Waals surface area contributed by atoms with Crippen LogP contribution >= 0.6 is 0 Å². The number of nitrogens with two attached hydrogens (primary N) is 2. The van der Waals surface area contributed by atoms with Crippen molar-refractivity contribution in [2.24, 2.45) is 71.0 Å². The van der Waals surface area contributed by atoms with Crippen molar-refractivity contribution in [2.75, 3.05) is 70.3 Å². The molecule has 6 saturated carbocycles. The van der Waals surface area contributed by atoms with Gasteiger partial charge in [0, 0.05) is 61.6 Å². The Hall–Kier alpha value is -7.23. The lowest BCUT2D eigenvalue weighted by molar-refractivity contribution is -0.116. The molecule has 0 unspecified atom stereocenters. The van der Waals surface area contributed by atoms with Gasteiger partial charge in [-0.25, -0.2) is 55.3 Å². The second kappa shape index (κ2) is 59.5. The number of aryl methyl sites for hydroxylation is 7. The molecule has 812 valence electrons. The van der Waals surface area contributed by atoms with Crippen LogP contribution in [0, 0.1) is 77.9 Å². The third kappa shape index (κ3) is 44.7. The van der Waals surface area contributed by atoms with Crippen molar-refractivity contribution in [3.05, 3.63) is 201 Å². The third-order valence-electron chi connectivity index (χ3n) is 32.1. The fraction of sp³-hybridized carbons (Fsp3) is 0.655. The molecule has 1 aromatic heterocycles. The number of anilines is 4. The number of hydrogen-bond donors (Lipinski definition) is 3. The molecule has 6 aromatic carbocycles. The zero-order chi connectivity index (χ0) is 107. The van der Waals surface area contributed by atoms with Crippen LogP contribution in [0.15, 0.2) is 155 Å². The number of amides is 1. The van der Waals surface area contributed by atoms with Crippen LogP contribution in [0.5, 0.6) is 0 Å². The van der Waals surface area contributed by atoms with Gasteiger partial charge in [-0.05, 0) is 421 Å². The second-order valence-corrected chi connectivity index (χ2v) is 61.6. The van der Waals surface area contributed by atoms with E-state index in [2.05, 4.69) is 103 Å².